The molecule has 6 heteroatoms. The van der Waals surface area contributed by atoms with Gasteiger partial charge in [0.2, 0.25) is 0 Å². The van der Waals surface area contributed by atoms with Gasteiger partial charge in [-0.2, -0.15) is 5.10 Å². The maximum atomic E-state index is 12.6. The van der Waals surface area contributed by atoms with E-state index in [9.17, 15) is 9.90 Å². The maximum Gasteiger partial charge on any atom is 0.258 e. The predicted molar refractivity (Wildman–Crippen MR) is 68.7 cm³/mol. The van der Waals surface area contributed by atoms with E-state index < -0.39 is 0 Å². The van der Waals surface area contributed by atoms with Gasteiger partial charge in [0.15, 0.2) is 0 Å². The molecule has 0 radical (unpaired) electrons. The third kappa shape index (κ3) is 2.08. The Morgan fingerprint density at radius 3 is 3.16 bits per heavy atom. The largest absolute Gasteiger partial charge is 0.394 e. The zero-order valence-electron chi connectivity index (χ0n) is 10.6. The number of aromatic nitrogens is 3. The number of carbonyl (C=O) groups is 1. The summed E-state index contributed by atoms with van der Waals surface area (Å²) in [6, 6.07) is -0.0760. The molecular weight excluding hydrogens is 244 g/mol. The van der Waals surface area contributed by atoms with Crippen LogP contribution in [0.5, 0.6) is 0 Å². The van der Waals surface area contributed by atoms with Gasteiger partial charge in [-0.1, -0.05) is 0 Å². The van der Waals surface area contributed by atoms with Gasteiger partial charge in [0.05, 0.1) is 36.1 Å². The molecule has 1 fully saturated rings. The van der Waals surface area contributed by atoms with Crippen LogP contribution in [0.3, 0.4) is 0 Å². The predicted octanol–water partition coefficient (Wildman–Crippen LogP) is 0.716. The summed E-state index contributed by atoms with van der Waals surface area (Å²) in [6.07, 6.45) is 9.46. The summed E-state index contributed by atoms with van der Waals surface area (Å²) < 4.78 is 1.64. The Morgan fingerprint density at radius 1 is 1.42 bits per heavy atom. The first-order chi connectivity index (χ1) is 9.31. The zero-order chi connectivity index (χ0) is 13.2. The molecule has 19 heavy (non-hydrogen) atoms. The van der Waals surface area contributed by atoms with Gasteiger partial charge in [-0.15, -0.1) is 0 Å². The fraction of sp³-hybridized carbons (Fsp3) is 0.462. The Kier molecular flexibility index (Phi) is 3.16. The number of carbonyl (C=O) groups excluding carboxylic acids is 1. The van der Waals surface area contributed by atoms with Gasteiger partial charge in [-0.25, -0.2) is 4.52 Å². The van der Waals surface area contributed by atoms with Gasteiger partial charge in [-0.05, 0) is 19.3 Å². The van der Waals surface area contributed by atoms with E-state index in [1.807, 2.05) is 0 Å². The lowest BCUT2D eigenvalue weighted by Gasteiger charge is -2.34. The van der Waals surface area contributed by atoms with Gasteiger partial charge >= 0.3 is 0 Å². The second kappa shape index (κ2) is 4.97. The Balaban J connectivity index is 1.94. The fourth-order valence-corrected chi connectivity index (χ4v) is 2.61. The number of nitrogens with zero attached hydrogens (tertiary/aromatic N) is 4. The average Bonchev–Trinajstić information content (AvgIpc) is 2.90. The molecule has 0 spiro atoms. The Labute approximate surface area is 110 Å². The molecule has 0 aromatic carbocycles. The van der Waals surface area contributed by atoms with Crippen molar-refractivity contribution in [3.8, 4) is 0 Å². The van der Waals surface area contributed by atoms with Crippen molar-refractivity contribution in [1.82, 2.24) is 19.5 Å². The van der Waals surface area contributed by atoms with E-state index in [1.165, 1.54) is 0 Å². The number of hydrogen-bond acceptors (Lipinski definition) is 4. The minimum absolute atomic E-state index is 0.0171. The van der Waals surface area contributed by atoms with Crippen LogP contribution in [0.4, 0.5) is 0 Å². The number of fused-ring (bicyclic) bond motifs is 1. The quantitative estimate of drug-likeness (QED) is 0.863. The topological polar surface area (TPSA) is 70.7 Å². The fourth-order valence-electron chi connectivity index (χ4n) is 2.61. The maximum absolute atomic E-state index is 12.6. The molecular formula is C13H16N4O2. The minimum atomic E-state index is -0.0760. The standard InChI is InChI=1S/C13H16N4O2/c18-9-10-3-1-2-5-16(10)13(19)11-7-15-17-6-4-14-8-12(11)17/h4,6-8,10,18H,1-3,5,9H2. The van der Waals surface area contributed by atoms with E-state index in [2.05, 4.69) is 10.1 Å². The van der Waals surface area contributed by atoms with Gasteiger partial charge in [0, 0.05) is 18.9 Å². The van der Waals surface area contributed by atoms with Crippen molar-refractivity contribution < 1.29 is 9.90 Å². The number of aliphatic hydroxyl groups excluding tert-OH is 1. The summed E-state index contributed by atoms with van der Waals surface area (Å²) in [5, 5.41) is 13.5. The number of rotatable bonds is 2. The summed E-state index contributed by atoms with van der Waals surface area (Å²) in [6.45, 7) is 0.713. The molecule has 1 saturated heterocycles. The molecule has 1 unspecified atom stereocenters. The Morgan fingerprint density at radius 2 is 2.32 bits per heavy atom. The van der Waals surface area contributed by atoms with Crippen LogP contribution in [-0.4, -0.2) is 49.7 Å². The van der Waals surface area contributed by atoms with E-state index in [1.54, 1.807) is 34.2 Å². The first kappa shape index (κ1) is 12.1. The number of piperidine rings is 1. The molecule has 1 aliphatic heterocycles. The first-order valence-corrected chi connectivity index (χ1v) is 6.50. The SMILES string of the molecule is O=C(c1cnn2ccncc12)N1CCCCC1CO. The van der Waals surface area contributed by atoms with E-state index in [0.717, 1.165) is 19.3 Å². The lowest BCUT2D eigenvalue weighted by Crippen LogP contribution is -2.45. The van der Waals surface area contributed by atoms with Crippen LogP contribution in [-0.2, 0) is 0 Å². The van der Waals surface area contributed by atoms with Gasteiger partial charge < -0.3 is 10.0 Å². The van der Waals surface area contributed by atoms with Crippen LogP contribution in [0, 0.1) is 0 Å². The lowest BCUT2D eigenvalue weighted by atomic mass is 10.0. The molecule has 1 aliphatic rings. The van der Waals surface area contributed by atoms with Crippen LogP contribution >= 0.6 is 0 Å². The third-order valence-corrected chi connectivity index (χ3v) is 3.65. The van der Waals surface area contributed by atoms with Gasteiger partial charge in [-0.3, -0.25) is 9.78 Å². The second-order valence-electron chi connectivity index (χ2n) is 4.80. The summed E-state index contributed by atoms with van der Waals surface area (Å²) in [4.78, 5) is 18.4. The van der Waals surface area contributed by atoms with Gasteiger partial charge in [0.25, 0.3) is 5.91 Å². The monoisotopic (exact) mass is 260 g/mol. The molecule has 3 rings (SSSR count). The number of hydrogen-bond donors (Lipinski definition) is 1. The number of likely N-dealkylation sites (tertiary alicyclic amines) is 1. The van der Waals surface area contributed by atoms with Crippen molar-refractivity contribution in [3.63, 3.8) is 0 Å². The van der Waals surface area contributed by atoms with Crippen LogP contribution in [0.1, 0.15) is 29.6 Å². The first-order valence-electron chi connectivity index (χ1n) is 6.50. The number of amides is 1. The van der Waals surface area contributed by atoms with Crippen molar-refractivity contribution in [2.75, 3.05) is 13.2 Å². The molecule has 1 amide bonds. The summed E-state index contributed by atoms with van der Waals surface area (Å²) in [5.74, 6) is -0.0678. The summed E-state index contributed by atoms with van der Waals surface area (Å²) >= 11 is 0. The van der Waals surface area contributed by atoms with Crippen molar-refractivity contribution in [2.24, 2.45) is 0 Å². The second-order valence-corrected chi connectivity index (χ2v) is 4.80. The van der Waals surface area contributed by atoms with E-state index in [4.69, 9.17) is 0 Å². The van der Waals surface area contributed by atoms with Crippen molar-refractivity contribution in [2.45, 2.75) is 25.3 Å². The highest BCUT2D eigenvalue weighted by molar-refractivity contribution is 6.00. The molecule has 2 aromatic heterocycles. The smallest absolute Gasteiger partial charge is 0.258 e. The molecule has 6 nitrogen and oxygen atoms in total. The molecule has 100 valence electrons. The normalized spacial score (nSPS) is 19.8. The highest BCUT2D eigenvalue weighted by atomic mass is 16.3. The van der Waals surface area contributed by atoms with E-state index >= 15 is 0 Å². The third-order valence-electron chi connectivity index (χ3n) is 3.65. The van der Waals surface area contributed by atoms with Crippen LogP contribution < -0.4 is 0 Å². The average molecular weight is 260 g/mol. The molecule has 1 atom stereocenters. The van der Waals surface area contributed by atoms with E-state index in [-0.39, 0.29) is 18.6 Å². The molecule has 1 N–H and O–H groups in total. The molecule has 0 saturated carbocycles. The van der Waals surface area contributed by atoms with E-state index in [0.29, 0.717) is 17.6 Å². The van der Waals surface area contributed by atoms with Crippen molar-refractivity contribution in [1.29, 1.82) is 0 Å². The molecule has 0 aliphatic carbocycles. The van der Waals surface area contributed by atoms with Crippen LogP contribution in [0.2, 0.25) is 0 Å². The van der Waals surface area contributed by atoms with Gasteiger partial charge in [0.1, 0.15) is 0 Å². The molecule has 2 aromatic rings. The minimum Gasteiger partial charge on any atom is -0.394 e. The summed E-state index contributed by atoms with van der Waals surface area (Å²) in [7, 11) is 0. The zero-order valence-corrected chi connectivity index (χ0v) is 10.6. The highest BCUT2D eigenvalue weighted by Gasteiger charge is 2.28. The summed E-state index contributed by atoms with van der Waals surface area (Å²) in [5.41, 5.74) is 1.25. The molecule has 0 bridgehead atoms. The molecule has 3 heterocycles. The lowest BCUT2D eigenvalue weighted by molar-refractivity contribution is 0.0505. The number of aliphatic hydroxyl groups is 1. The van der Waals surface area contributed by atoms with Crippen LogP contribution in [0.25, 0.3) is 5.52 Å². The van der Waals surface area contributed by atoms with Crippen molar-refractivity contribution >= 4 is 11.4 Å². The highest BCUT2D eigenvalue weighted by Crippen LogP contribution is 2.21. The van der Waals surface area contributed by atoms with Crippen molar-refractivity contribution in [3.05, 3.63) is 30.4 Å². The van der Waals surface area contributed by atoms with Crippen LogP contribution in [0.15, 0.2) is 24.8 Å². The Bertz CT molecular complexity index is 595. The Hall–Kier alpha value is -1.95.